The number of fused-ring (bicyclic) bond motifs is 5. The molecule has 0 bridgehead atoms. The lowest BCUT2D eigenvalue weighted by Crippen LogP contribution is -2.32. The van der Waals surface area contributed by atoms with Gasteiger partial charge in [0.25, 0.3) is 0 Å². The summed E-state index contributed by atoms with van der Waals surface area (Å²) in [5, 5.41) is 2.14. The number of rotatable bonds is 0. The molecule has 1 unspecified atom stereocenters. The van der Waals surface area contributed by atoms with Crippen molar-refractivity contribution in [2.24, 2.45) is 5.92 Å². The van der Waals surface area contributed by atoms with Crippen LogP contribution < -0.4 is 0 Å². The van der Waals surface area contributed by atoms with E-state index in [1.807, 2.05) is 0 Å². The van der Waals surface area contributed by atoms with Gasteiger partial charge in [-0.25, -0.2) is 0 Å². The number of nitrogens with zero attached hydrogens (tertiary/aromatic N) is 1. The minimum absolute atomic E-state index is 0.0103. The van der Waals surface area contributed by atoms with Crippen LogP contribution in [0, 0.1) is 5.92 Å². The topological polar surface area (TPSA) is 21.7 Å². The minimum Gasteiger partial charge on any atom is -0.350 e. The molecule has 3 aliphatic heterocycles. The lowest BCUT2D eigenvalue weighted by atomic mass is 9.86. The highest BCUT2D eigenvalue weighted by molar-refractivity contribution is 5.33. The van der Waals surface area contributed by atoms with Gasteiger partial charge in [0.15, 0.2) is 6.29 Å². The van der Waals surface area contributed by atoms with Crippen molar-refractivity contribution >= 4 is 0 Å². The van der Waals surface area contributed by atoms with Gasteiger partial charge in [0.2, 0.25) is 0 Å². The fraction of sp³-hybridized carbons (Fsp3) is 0.538. The van der Waals surface area contributed by atoms with Gasteiger partial charge in [-0.2, -0.15) is 5.06 Å². The number of hydrogen-bond donors (Lipinski definition) is 0. The van der Waals surface area contributed by atoms with Gasteiger partial charge in [0.1, 0.15) is 0 Å². The number of hydrogen-bond acceptors (Lipinski definition) is 3. The first-order valence-corrected chi connectivity index (χ1v) is 6.06. The van der Waals surface area contributed by atoms with E-state index in [9.17, 15) is 0 Å². The van der Waals surface area contributed by atoms with Gasteiger partial charge >= 0.3 is 0 Å². The van der Waals surface area contributed by atoms with E-state index in [2.05, 4.69) is 29.3 Å². The lowest BCUT2D eigenvalue weighted by molar-refractivity contribution is -0.234. The molecule has 84 valence electrons. The molecule has 3 aliphatic rings. The van der Waals surface area contributed by atoms with Crippen LogP contribution in [-0.4, -0.2) is 24.5 Å². The first-order chi connectivity index (χ1) is 7.93. The van der Waals surface area contributed by atoms with Gasteiger partial charge in [-0.3, -0.25) is 4.84 Å². The summed E-state index contributed by atoms with van der Waals surface area (Å²) in [6.07, 6.45) is 2.22. The van der Waals surface area contributed by atoms with E-state index < -0.39 is 0 Å². The molecule has 0 saturated carbocycles. The Balaban J connectivity index is 1.79. The van der Waals surface area contributed by atoms with E-state index >= 15 is 0 Å². The van der Waals surface area contributed by atoms with Crippen LogP contribution in [0.4, 0.5) is 0 Å². The molecule has 1 aromatic rings. The van der Waals surface area contributed by atoms with Crippen molar-refractivity contribution in [2.75, 3.05) is 13.2 Å². The molecule has 2 fully saturated rings. The smallest absolute Gasteiger partial charge is 0.182 e. The van der Waals surface area contributed by atoms with Gasteiger partial charge < -0.3 is 4.74 Å². The molecule has 2 saturated heterocycles. The normalized spacial score (nSPS) is 36.9. The van der Waals surface area contributed by atoms with Crippen molar-refractivity contribution in [3.63, 3.8) is 0 Å². The fourth-order valence-corrected chi connectivity index (χ4v) is 3.27. The summed E-state index contributed by atoms with van der Waals surface area (Å²) in [6.45, 7) is 1.85. The molecule has 3 heteroatoms. The summed E-state index contributed by atoms with van der Waals surface area (Å²) in [6, 6.07) is 9.18. The van der Waals surface area contributed by atoms with Crippen LogP contribution in [0.5, 0.6) is 0 Å². The molecule has 0 N–H and O–H groups in total. The van der Waals surface area contributed by atoms with Crippen molar-refractivity contribution in [1.29, 1.82) is 0 Å². The van der Waals surface area contributed by atoms with Crippen LogP contribution in [0.25, 0.3) is 0 Å². The summed E-state index contributed by atoms with van der Waals surface area (Å²) >= 11 is 0. The molecule has 4 rings (SSSR count). The van der Waals surface area contributed by atoms with E-state index in [1.54, 1.807) is 0 Å². The highest BCUT2D eigenvalue weighted by Crippen LogP contribution is 2.47. The minimum atomic E-state index is 0.0103. The molecule has 1 aromatic carbocycles. The maximum absolute atomic E-state index is 5.86. The number of ether oxygens (including phenoxy) is 1. The predicted octanol–water partition coefficient (Wildman–Crippen LogP) is 1.89. The Hall–Kier alpha value is -0.900. The first kappa shape index (κ1) is 9.16. The van der Waals surface area contributed by atoms with Crippen LogP contribution in [-0.2, 0) is 16.0 Å². The highest BCUT2D eigenvalue weighted by Gasteiger charge is 2.49. The van der Waals surface area contributed by atoms with Gasteiger partial charge in [0, 0.05) is 12.5 Å². The highest BCUT2D eigenvalue weighted by atomic mass is 16.8. The summed E-state index contributed by atoms with van der Waals surface area (Å²) in [4.78, 5) is 5.86. The van der Waals surface area contributed by atoms with Crippen LogP contribution >= 0.6 is 0 Å². The van der Waals surface area contributed by atoms with Gasteiger partial charge in [-0.1, -0.05) is 24.3 Å². The molecule has 0 aromatic heterocycles. The molecular weight excluding hydrogens is 202 g/mol. The Morgan fingerprint density at radius 3 is 3.19 bits per heavy atom. The van der Waals surface area contributed by atoms with Gasteiger partial charge in [0.05, 0.1) is 12.6 Å². The second-order valence-electron chi connectivity index (χ2n) is 4.83. The zero-order chi connectivity index (χ0) is 10.5. The third kappa shape index (κ3) is 1.14. The Kier molecular flexibility index (Phi) is 1.89. The summed E-state index contributed by atoms with van der Waals surface area (Å²) in [5.74, 6) is 0.529. The van der Waals surface area contributed by atoms with Crippen LogP contribution in [0.15, 0.2) is 24.3 Å². The maximum Gasteiger partial charge on any atom is 0.182 e. The van der Waals surface area contributed by atoms with E-state index in [-0.39, 0.29) is 6.29 Å². The van der Waals surface area contributed by atoms with E-state index in [1.165, 1.54) is 11.1 Å². The maximum atomic E-state index is 5.86. The Morgan fingerprint density at radius 1 is 1.25 bits per heavy atom. The first-order valence-electron chi connectivity index (χ1n) is 6.06. The monoisotopic (exact) mass is 217 g/mol. The second-order valence-corrected chi connectivity index (χ2v) is 4.83. The van der Waals surface area contributed by atoms with E-state index in [0.717, 1.165) is 26.0 Å². The molecule has 0 radical (unpaired) electrons. The average Bonchev–Trinajstić information content (AvgIpc) is 2.88. The number of benzene rings is 1. The predicted molar refractivity (Wildman–Crippen MR) is 58.5 cm³/mol. The fourth-order valence-electron chi connectivity index (χ4n) is 3.27. The average molecular weight is 217 g/mol. The standard InChI is InChI=1S/C13H15NO2/c1-2-4-10-9(3-1)5-7-14-12(10)11-6-8-15-13(11)16-14/h1-4,11-13H,5-8H2/t11?,12-,13+/m1/s1. The Bertz CT molecular complexity index is 420. The molecule has 0 amide bonds. The summed E-state index contributed by atoms with van der Waals surface area (Å²) in [5.41, 5.74) is 2.94. The van der Waals surface area contributed by atoms with Gasteiger partial charge in [-0.05, 0) is 24.0 Å². The zero-order valence-electron chi connectivity index (χ0n) is 9.13. The van der Waals surface area contributed by atoms with Crippen LogP contribution in [0.1, 0.15) is 23.6 Å². The van der Waals surface area contributed by atoms with Crippen molar-refractivity contribution in [3.05, 3.63) is 35.4 Å². The molecule has 3 nitrogen and oxygen atoms in total. The van der Waals surface area contributed by atoms with Crippen molar-refractivity contribution < 1.29 is 9.57 Å². The van der Waals surface area contributed by atoms with E-state index in [4.69, 9.17) is 9.57 Å². The van der Waals surface area contributed by atoms with Crippen LogP contribution in [0.3, 0.4) is 0 Å². The van der Waals surface area contributed by atoms with Gasteiger partial charge in [-0.15, -0.1) is 0 Å². The lowest BCUT2D eigenvalue weighted by Gasteiger charge is -2.31. The molecule has 16 heavy (non-hydrogen) atoms. The molecule has 3 atom stereocenters. The Labute approximate surface area is 94.9 Å². The Morgan fingerprint density at radius 2 is 2.19 bits per heavy atom. The molecule has 0 aliphatic carbocycles. The molecule has 3 heterocycles. The second kappa shape index (κ2) is 3.29. The third-order valence-corrected chi connectivity index (χ3v) is 4.01. The molecule has 0 spiro atoms. The third-order valence-electron chi connectivity index (χ3n) is 4.01. The van der Waals surface area contributed by atoms with Crippen molar-refractivity contribution in [1.82, 2.24) is 5.06 Å². The van der Waals surface area contributed by atoms with Crippen molar-refractivity contribution in [3.8, 4) is 0 Å². The quantitative estimate of drug-likeness (QED) is 0.662. The van der Waals surface area contributed by atoms with Crippen LogP contribution in [0.2, 0.25) is 0 Å². The SMILES string of the molecule is c1ccc2c(c1)CCN1O[C@@H]3OCCC3[C@@H]21. The zero-order valence-corrected chi connectivity index (χ0v) is 9.13. The molecular formula is C13H15NO2. The largest absolute Gasteiger partial charge is 0.350 e. The summed E-state index contributed by atoms with van der Waals surface area (Å²) in [7, 11) is 0. The summed E-state index contributed by atoms with van der Waals surface area (Å²) < 4.78 is 5.62. The number of hydroxylamine groups is 2. The van der Waals surface area contributed by atoms with E-state index in [0.29, 0.717) is 12.0 Å². The van der Waals surface area contributed by atoms with Crippen molar-refractivity contribution in [2.45, 2.75) is 25.2 Å².